The highest BCUT2D eigenvalue weighted by molar-refractivity contribution is 6.30. The summed E-state index contributed by atoms with van der Waals surface area (Å²) in [4.78, 5) is 30.1. The van der Waals surface area contributed by atoms with Gasteiger partial charge in [0.25, 0.3) is 5.56 Å². The Morgan fingerprint density at radius 2 is 1.87 bits per heavy atom. The third-order valence-corrected chi connectivity index (χ3v) is 4.66. The molecule has 0 aliphatic carbocycles. The Hall–Kier alpha value is -2.86. The number of carbonyl (C=O) groups is 1. The maximum Gasteiger partial charge on any atom is 0.412 e. The van der Waals surface area contributed by atoms with Gasteiger partial charge in [-0.2, -0.15) is 0 Å². The zero-order chi connectivity index (χ0) is 21.9. The van der Waals surface area contributed by atoms with Gasteiger partial charge in [-0.1, -0.05) is 30.7 Å². The number of anilines is 1. The van der Waals surface area contributed by atoms with Crippen molar-refractivity contribution < 1.29 is 9.53 Å². The van der Waals surface area contributed by atoms with Crippen LogP contribution in [-0.4, -0.2) is 21.2 Å². The van der Waals surface area contributed by atoms with Crippen LogP contribution in [0.25, 0.3) is 10.9 Å². The summed E-state index contributed by atoms with van der Waals surface area (Å²) in [6.07, 6.45) is 0.993. The van der Waals surface area contributed by atoms with Crippen molar-refractivity contribution in [3.05, 3.63) is 69.2 Å². The lowest BCUT2D eigenvalue weighted by atomic mass is 10.1. The fourth-order valence-electron chi connectivity index (χ4n) is 3.12. The molecule has 1 amide bonds. The summed E-state index contributed by atoms with van der Waals surface area (Å²) >= 11 is 5.98. The molecule has 7 heteroatoms. The number of fused-ring (bicyclic) bond motifs is 1. The maximum atomic E-state index is 13.3. The highest BCUT2D eigenvalue weighted by atomic mass is 35.5. The Bertz CT molecular complexity index is 1120. The Labute approximate surface area is 180 Å². The molecule has 1 aromatic heterocycles. The molecule has 2 aromatic carbocycles. The average Bonchev–Trinajstić information content (AvgIpc) is 2.65. The van der Waals surface area contributed by atoms with Gasteiger partial charge in [-0.25, -0.2) is 9.78 Å². The van der Waals surface area contributed by atoms with E-state index in [9.17, 15) is 9.59 Å². The molecule has 3 aromatic rings. The first-order valence-electron chi connectivity index (χ1n) is 9.94. The average molecular weight is 428 g/mol. The smallest absolute Gasteiger partial charge is 0.412 e. The SMILES string of the molecule is CCCc1nc2ccc(NC(=O)OC(C)(C)C)cc2c(=O)n1Cc1ccc(Cl)cc1. The van der Waals surface area contributed by atoms with Gasteiger partial charge in [-0.15, -0.1) is 0 Å². The van der Waals surface area contributed by atoms with Crippen molar-refractivity contribution in [2.24, 2.45) is 0 Å². The number of amides is 1. The van der Waals surface area contributed by atoms with Crippen molar-refractivity contribution in [2.45, 2.75) is 52.7 Å². The fraction of sp³-hybridized carbons (Fsp3) is 0.348. The minimum absolute atomic E-state index is 0.147. The summed E-state index contributed by atoms with van der Waals surface area (Å²) in [5.74, 6) is 0.734. The molecule has 0 saturated heterocycles. The second kappa shape index (κ2) is 8.88. The third-order valence-electron chi connectivity index (χ3n) is 4.41. The standard InChI is InChI=1S/C23H26ClN3O3/c1-5-6-20-26-19-12-11-17(25-22(29)30-23(2,3)4)13-18(19)21(28)27(20)14-15-7-9-16(24)10-8-15/h7-13H,5-6,14H2,1-4H3,(H,25,29). The van der Waals surface area contributed by atoms with Crippen LogP contribution in [0, 0.1) is 0 Å². The van der Waals surface area contributed by atoms with Gasteiger partial charge < -0.3 is 4.74 Å². The van der Waals surface area contributed by atoms with Crippen LogP contribution >= 0.6 is 11.6 Å². The Morgan fingerprint density at radius 1 is 1.17 bits per heavy atom. The van der Waals surface area contributed by atoms with Crippen molar-refractivity contribution in [3.8, 4) is 0 Å². The van der Waals surface area contributed by atoms with E-state index < -0.39 is 11.7 Å². The minimum atomic E-state index is -0.608. The number of hydrogen-bond donors (Lipinski definition) is 1. The fourth-order valence-corrected chi connectivity index (χ4v) is 3.24. The highest BCUT2D eigenvalue weighted by Crippen LogP contribution is 2.18. The monoisotopic (exact) mass is 427 g/mol. The molecule has 0 aliphatic heterocycles. The Kier molecular flexibility index (Phi) is 6.46. The van der Waals surface area contributed by atoms with Crippen LogP contribution in [0.5, 0.6) is 0 Å². The number of aryl methyl sites for hydroxylation is 1. The summed E-state index contributed by atoms with van der Waals surface area (Å²) in [5.41, 5.74) is 1.29. The minimum Gasteiger partial charge on any atom is -0.444 e. The lowest BCUT2D eigenvalue weighted by Crippen LogP contribution is -2.28. The van der Waals surface area contributed by atoms with Gasteiger partial charge in [0.2, 0.25) is 0 Å². The van der Waals surface area contributed by atoms with Gasteiger partial charge in [-0.05, 0) is 63.1 Å². The van der Waals surface area contributed by atoms with E-state index in [2.05, 4.69) is 12.2 Å². The molecular weight excluding hydrogens is 402 g/mol. The molecule has 1 N–H and O–H groups in total. The number of halogens is 1. The molecule has 0 atom stereocenters. The van der Waals surface area contributed by atoms with E-state index in [0.29, 0.717) is 34.6 Å². The first-order valence-corrected chi connectivity index (χ1v) is 10.3. The molecule has 158 valence electrons. The lowest BCUT2D eigenvalue weighted by molar-refractivity contribution is 0.0636. The van der Waals surface area contributed by atoms with E-state index >= 15 is 0 Å². The van der Waals surface area contributed by atoms with E-state index in [-0.39, 0.29) is 5.56 Å². The van der Waals surface area contributed by atoms with Crippen molar-refractivity contribution in [1.82, 2.24) is 9.55 Å². The van der Waals surface area contributed by atoms with Crippen molar-refractivity contribution in [3.63, 3.8) is 0 Å². The van der Waals surface area contributed by atoms with E-state index in [0.717, 1.165) is 17.8 Å². The van der Waals surface area contributed by atoms with Crippen LogP contribution < -0.4 is 10.9 Å². The number of carbonyl (C=O) groups excluding carboxylic acids is 1. The summed E-state index contributed by atoms with van der Waals surface area (Å²) < 4.78 is 6.97. The predicted molar refractivity (Wildman–Crippen MR) is 120 cm³/mol. The van der Waals surface area contributed by atoms with Crippen LogP contribution in [0.3, 0.4) is 0 Å². The van der Waals surface area contributed by atoms with Gasteiger partial charge >= 0.3 is 6.09 Å². The number of nitrogens with zero attached hydrogens (tertiary/aromatic N) is 2. The molecular formula is C23H26ClN3O3. The Balaban J connectivity index is 2.00. The molecule has 3 rings (SSSR count). The first-order chi connectivity index (χ1) is 14.2. The van der Waals surface area contributed by atoms with Gasteiger partial charge in [0, 0.05) is 17.1 Å². The summed E-state index contributed by atoms with van der Waals surface area (Å²) in [5, 5.41) is 3.77. The zero-order valence-electron chi connectivity index (χ0n) is 17.7. The van der Waals surface area contributed by atoms with Crippen LogP contribution in [0.15, 0.2) is 47.3 Å². The largest absolute Gasteiger partial charge is 0.444 e. The molecule has 0 radical (unpaired) electrons. The molecule has 1 heterocycles. The van der Waals surface area contributed by atoms with Gasteiger partial charge in [0.05, 0.1) is 17.4 Å². The molecule has 30 heavy (non-hydrogen) atoms. The molecule has 0 saturated carbocycles. The number of nitrogens with one attached hydrogen (secondary N) is 1. The van der Waals surface area contributed by atoms with E-state index in [1.54, 1.807) is 55.7 Å². The van der Waals surface area contributed by atoms with Crippen LogP contribution in [0.1, 0.15) is 45.5 Å². The van der Waals surface area contributed by atoms with Crippen LogP contribution in [0.2, 0.25) is 5.02 Å². The summed E-state index contributed by atoms with van der Waals surface area (Å²) in [7, 11) is 0. The first kappa shape index (κ1) is 21.8. The Morgan fingerprint density at radius 3 is 2.50 bits per heavy atom. The quantitative estimate of drug-likeness (QED) is 0.591. The molecule has 0 fully saturated rings. The van der Waals surface area contributed by atoms with Crippen LogP contribution in [0.4, 0.5) is 10.5 Å². The van der Waals surface area contributed by atoms with E-state index in [4.69, 9.17) is 21.3 Å². The van der Waals surface area contributed by atoms with E-state index in [1.165, 1.54) is 0 Å². The number of aromatic nitrogens is 2. The van der Waals surface area contributed by atoms with Gasteiger partial charge in [-0.3, -0.25) is 14.7 Å². The molecule has 0 spiro atoms. The predicted octanol–water partition coefficient (Wildman–Crippen LogP) is 5.40. The highest BCUT2D eigenvalue weighted by Gasteiger charge is 2.17. The van der Waals surface area contributed by atoms with E-state index in [1.807, 2.05) is 12.1 Å². The number of hydrogen-bond acceptors (Lipinski definition) is 4. The summed E-state index contributed by atoms with van der Waals surface area (Å²) in [6.45, 7) is 7.83. The van der Waals surface area contributed by atoms with Crippen molar-refractivity contribution in [1.29, 1.82) is 0 Å². The van der Waals surface area contributed by atoms with Crippen molar-refractivity contribution >= 4 is 34.3 Å². The zero-order valence-corrected chi connectivity index (χ0v) is 18.4. The van der Waals surface area contributed by atoms with Crippen molar-refractivity contribution in [2.75, 3.05) is 5.32 Å². The normalized spacial score (nSPS) is 11.5. The third kappa shape index (κ3) is 5.39. The molecule has 0 bridgehead atoms. The number of rotatable bonds is 5. The maximum absolute atomic E-state index is 13.3. The van der Waals surface area contributed by atoms with Gasteiger partial charge in [0.15, 0.2) is 0 Å². The number of ether oxygens (including phenoxy) is 1. The lowest BCUT2D eigenvalue weighted by Gasteiger charge is -2.19. The molecule has 6 nitrogen and oxygen atoms in total. The second-order valence-electron chi connectivity index (χ2n) is 8.15. The van der Waals surface area contributed by atoms with Gasteiger partial charge in [0.1, 0.15) is 11.4 Å². The summed E-state index contributed by atoms with van der Waals surface area (Å²) in [6, 6.07) is 12.5. The molecule has 0 aliphatic rings. The topological polar surface area (TPSA) is 73.2 Å². The van der Waals surface area contributed by atoms with Crippen LogP contribution in [-0.2, 0) is 17.7 Å². The number of benzene rings is 2. The second-order valence-corrected chi connectivity index (χ2v) is 8.59. The molecule has 0 unspecified atom stereocenters.